The van der Waals surface area contributed by atoms with Crippen molar-refractivity contribution in [2.75, 3.05) is 25.1 Å². The first-order valence-electron chi connectivity index (χ1n) is 7.63. The average molecular weight is 291 g/mol. The van der Waals surface area contributed by atoms with Crippen molar-refractivity contribution in [3.8, 4) is 0 Å². The molecule has 0 bridgehead atoms. The molecule has 21 heavy (non-hydrogen) atoms. The quantitative estimate of drug-likeness (QED) is 0.644. The number of hydrogen-bond acceptors (Lipinski definition) is 3. The Labute approximate surface area is 126 Å². The van der Waals surface area contributed by atoms with Crippen LogP contribution in [0.15, 0.2) is 24.3 Å². The molecule has 5 heteroatoms. The summed E-state index contributed by atoms with van der Waals surface area (Å²) < 4.78 is 5.51. The third-order valence-corrected chi connectivity index (χ3v) is 3.50. The van der Waals surface area contributed by atoms with Crippen LogP contribution in [0.2, 0.25) is 0 Å². The molecule has 1 aliphatic rings. The van der Waals surface area contributed by atoms with E-state index in [1.54, 1.807) is 0 Å². The highest BCUT2D eigenvalue weighted by Gasteiger charge is 2.20. The van der Waals surface area contributed by atoms with Gasteiger partial charge in [0, 0.05) is 31.5 Å². The first-order chi connectivity index (χ1) is 10.1. The molecule has 1 aliphatic carbocycles. The summed E-state index contributed by atoms with van der Waals surface area (Å²) in [6.07, 6.45) is 3.45. The van der Waals surface area contributed by atoms with Crippen molar-refractivity contribution < 1.29 is 9.53 Å². The SMILES string of the molecule is CC(N)c1ccc(NC(=O)NCCCOCC2CC2)cc1. The summed E-state index contributed by atoms with van der Waals surface area (Å²) in [5.41, 5.74) is 7.60. The number of nitrogens with one attached hydrogen (secondary N) is 2. The highest BCUT2D eigenvalue weighted by atomic mass is 16.5. The second kappa shape index (κ2) is 8.00. The lowest BCUT2D eigenvalue weighted by Gasteiger charge is -2.10. The summed E-state index contributed by atoms with van der Waals surface area (Å²) >= 11 is 0. The predicted octanol–water partition coefficient (Wildman–Crippen LogP) is 2.64. The van der Waals surface area contributed by atoms with E-state index in [0.29, 0.717) is 13.2 Å². The van der Waals surface area contributed by atoms with Crippen LogP contribution >= 0.6 is 0 Å². The fourth-order valence-electron chi connectivity index (χ4n) is 1.96. The largest absolute Gasteiger partial charge is 0.381 e. The zero-order chi connectivity index (χ0) is 15.1. The van der Waals surface area contributed by atoms with Gasteiger partial charge >= 0.3 is 6.03 Å². The monoisotopic (exact) mass is 291 g/mol. The molecule has 0 saturated heterocycles. The Bertz CT molecular complexity index is 441. The Hall–Kier alpha value is -1.59. The van der Waals surface area contributed by atoms with E-state index in [-0.39, 0.29) is 12.1 Å². The molecule has 1 atom stereocenters. The average Bonchev–Trinajstić information content (AvgIpc) is 3.27. The van der Waals surface area contributed by atoms with Crippen LogP contribution in [-0.4, -0.2) is 25.8 Å². The van der Waals surface area contributed by atoms with Gasteiger partial charge in [-0.05, 0) is 49.8 Å². The number of amides is 2. The Balaban J connectivity index is 1.57. The molecule has 1 aromatic rings. The number of urea groups is 1. The van der Waals surface area contributed by atoms with E-state index < -0.39 is 0 Å². The number of carbonyl (C=O) groups excluding carboxylic acids is 1. The second-order valence-electron chi connectivity index (χ2n) is 5.66. The van der Waals surface area contributed by atoms with Gasteiger partial charge in [-0.15, -0.1) is 0 Å². The number of carbonyl (C=O) groups is 1. The van der Waals surface area contributed by atoms with Crippen molar-refractivity contribution in [1.82, 2.24) is 5.32 Å². The Morgan fingerprint density at radius 2 is 2.10 bits per heavy atom. The second-order valence-corrected chi connectivity index (χ2v) is 5.66. The maximum absolute atomic E-state index is 11.7. The maximum Gasteiger partial charge on any atom is 0.319 e. The minimum atomic E-state index is -0.189. The molecule has 1 unspecified atom stereocenters. The van der Waals surface area contributed by atoms with Gasteiger partial charge < -0.3 is 21.1 Å². The Morgan fingerprint density at radius 3 is 2.71 bits per heavy atom. The summed E-state index contributed by atoms with van der Waals surface area (Å²) in [7, 11) is 0. The van der Waals surface area contributed by atoms with Crippen LogP contribution in [0.4, 0.5) is 10.5 Å². The van der Waals surface area contributed by atoms with Crippen LogP contribution in [0.1, 0.15) is 37.8 Å². The van der Waals surface area contributed by atoms with Crippen molar-refractivity contribution in [3.05, 3.63) is 29.8 Å². The minimum Gasteiger partial charge on any atom is -0.381 e. The van der Waals surface area contributed by atoms with Crippen molar-refractivity contribution >= 4 is 11.7 Å². The number of nitrogens with two attached hydrogens (primary N) is 1. The molecule has 116 valence electrons. The summed E-state index contributed by atoms with van der Waals surface area (Å²) in [5, 5.41) is 5.61. The van der Waals surface area contributed by atoms with Gasteiger partial charge in [-0.25, -0.2) is 4.79 Å². The van der Waals surface area contributed by atoms with Crippen LogP contribution < -0.4 is 16.4 Å². The van der Waals surface area contributed by atoms with Crippen LogP contribution in [-0.2, 0) is 4.74 Å². The Kier molecular flexibility index (Phi) is 6.02. The van der Waals surface area contributed by atoms with Crippen LogP contribution in [0.25, 0.3) is 0 Å². The van der Waals surface area contributed by atoms with E-state index in [1.165, 1.54) is 12.8 Å². The number of benzene rings is 1. The summed E-state index contributed by atoms with van der Waals surface area (Å²) in [6.45, 7) is 4.13. The summed E-state index contributed by atoms with van der Waals surface area (Å²) in [5.74, 6) is 0.792. The summed E-state index contributed by atoms with van der Waals surface area (Å²) in [4.78, 5) is 11.7. The van der Waals surface area contributed by atoms with Gasteiger partial charge in [-0.1, -0.05) is 12.1 Å². The van der Waals surface area contributed by atoms with Crippen molar-refractivity contribution in [2.24, 2.45) is 11.7 Å². The lowest BCUT2D eigenvalue weighted by molar-refractivity contribution is 0.122. The van der Waals surface area contributed by atoms with Gasteiger partial charge in [0.05, 0.1) is 0 Å². The molecule has 0 heterocycles. The minimum absolute atomic E-state index is 0.00326. The van der Waals surface area contributed by atoms with Gasteiger partial charge in [-0.3, -0.25) is 0 Å². The van der Waals surface area contributed by atoms with Crippen molar-refractivity contribution in [3.63, 3.8) is 0 Å². The normalized spacial score (nSPS) is 15.5. The van der Waals surface area contributed by atoms with Crippen LogP contribution in [0.5, 0.6) is 0 Å². The van der Waals surface area contributed by atoms with Crippen molar-refractivity contribution in [1.29, 1.82) is 0 Å². The topological polar surface area (TPSA) is 76.4 Å². The number of hydrogen-bond donors (Lipinski definition) is 3. The molecular weight excluding hydrogens is 266 g/mol. The van der Waals surface area contributed by atoms with Gasteiger partial charge in [0.1, 0.15) is 0 Å². The van der Waals surface area contributed by atoms with Gasteiger partial charge in [0.25, 0.3) is 0 Å². The molecule has 1 fully saturated rings. The fourth-order valence-corrected chi connectivity index (χ4v) is 1.96. The third kappa shape index (κ3) is 6.14. The number of anilines is 1. The van der Waals surface area contributed by atoms with E-state index in [2.05, 4.69) is 10.6 Å². The third-order valence-electron chi connectivity index (χ3n) is 3.50. The van der Waals surface area contributed by atoms with E-state index >= 15 is 0 Å². The van der Waals surface area contributed by atoms with E-state index in [4.69, 9.17) is 10.5 Å². The lowest BCUT2D eigenvalue weighted by atomic mass is 10.1. The van der Waals surface area contributed by atoms with E-state index in [9.17, 15) is 4.79 Å². The molecule has 5 nitrogen and oxygen atoms in total. The molecule has 1 aromatic carbocycles. The highest BCUT2D eigenvalue weighted by Crippen LogP contribution is 2.28. The molecule has 0 aliphatic heterocycles. The molecule has 2 amide bonds. The first-order valence-corrected chi connectivity index (χ1v) is 7.63. The first kappa shape index (κ1) is 15.8. The zero-order valence-electron chi connectivity index (χ0n) is 12.6. The maximum atomic E-state index is 11.7. The zero-order valence-corrected chi connectivity index (χ0v) is 12.6. The molecule has 1 saturated carbocycles. The molecule has 0 radical (unpaired) electrons. The van der Waals surface area contributed by atoms with E-state index in [1.807, 2.05) is 31.2 Å². The molecule has 0 spiro atoms. The number of ether oxygens (including phenoxy) is 1. The standard InChI is InChI=1S/C16H25N3O2/c1-12(17)14-5-7-15(8-6-14)19-16(20)18-9-2-10-21-11-13-3-4-13/h5-8,12-13H,2-4,9-11,17H2,1H3,(H2,18,19,20). The van der Waals surface area contributed by atoms with Gasteiger partial charge in [0.15, 0.2) is 0 Å². The predicted molar refractivity (Wildman–Crippen MR) is 84.2 cm³/mol. The van der Waals surface area contributed by atoms with Gasteiger partial charge in [-0.2, -0.15) is 0 Å². The summed E-state index contributed by atoms with van der Waals surface area (Å²) in [6, 6.07) is 7.38. The Morgan fingerprint density at radius 1 is 1.38 bits per heavy atom. The number of rotatable bonds is 8. The molecule has 2 rings (SSSR count). The molecule has 0 aromatic heterocycles. The van der Waals surface area contributed by atoms with Crippen LogP contribution in [0, 0.1) is 5.92 Å². The van der Waals surface area contributed by atoms with Gasteiger partial charge in [0.2, 0.25) is 0 Å². The molecule has 4 N–H and O–H groups in total. The van der Waals surface area contributed by atoms with Crippen molar-refractivity contribution in [2.45, 2.75) is 32.2 Å². The smallest absolute Gasteiger partial charge is 0.319 e. The van der Waals surface area contributed by atoms with E-state index in [0.717, 1.165) is 30.2 Å². The lowest BCUT2D eigenvalue weighted by Crippen LogP contribution is -2.30. The highest BCUT2D eigenvalue weighted by molar-refractivity contribution is 5.89. The fraction of sp³-hybridized carbons (Fsp3) is 0.562. The van der Waals surface area contributed by atoms with Crippen LogP contribution in [0.3, 0.4) is 0 Å². The molecular formula is C16H25N3O2.